The Morgan fingerprint density at radius 1 is 1.03 bits per heavy atom. The molecule has 2 aromatic rings. The van der Waals surface area contributed by atoms with Gasteiger partial charge < -0.3 is 10.2 Å². The Balaban J connectivity index is 2.47. The number of carbonyl (C=O) groups is 2. The van der Waals surface area contributed by atoms with Crippen molar-refractivity contribution in [1.29, 1.82) is 0 Å². The van der Waals surface area contributed by atoms with E-state index in [1.807, 2.05) is 26.8 Å². The molecule has 0 aromatic heterocycles. The standard InChI is InChI=1S/C24H31Cl2N3O4S/c1-15(2)27-24(31)18(5)28(13-19-9-10-20(25)12-21(19)26)23(30)14-29(34(6,32)33)22-11-16(3)7-8-17(22)4/h7-12,15,18H,13-14H2,1-6H3,(H,27,31). The average molecular weight is 529 g/mol. The first-order valence-electron chi connectivity index (χ1n) is 10.8. The van der Waals surface area contributed by atoms with Crippen molar-refractivity contribution >= 4 is 50.7 Å². The van der Waals surface area contributed by atoms with E-state index in [0.717, 1.165) is 16.1 Å². The van der Waals surface area contributed by atoms with Gasteiger partial charge in [0.25, 0.3) is 0 Å². The van der Waals surface area contributed by atoms with Gasteiger partial charge in [-0.1, -0.05) is 41.4 Å². The molecule has 0 saturated carbocycles. The van der Waals surface area contributed by atoms with E-state index in [9.17, 15) is 18.0 Å². The predicted molar refractivity (Wildman–Crippen MR) is 138 cm³/mol. The zero-order valence-electron chi connectivity index (χ0n) is 20.2. The number of anilines is 1. The fourth-order valence-electron chi connectivity index (χ4n) is 3.40. The van der Waals surface area contributed by atoms with Crippen LogP contribution >= 0.6 is 23.2 Å². The van der Waals surface area contributed by atoms with Crippen LogP contribution in [0.5, 0.6) is 0 Å². The molecule has 0 spiro atoms. The van der Waals surface area contributed by atoms with Crippen LogP contribution in [0.15, 0.2) is 36.4 Å². The SMILES string of the molecule is Cc1ccc(C)c(N(CC(=O)N(Cc2ccc(Cl)cc2Cl)C(C)C(=O)NC(C)C)S(C)(=O)=O)c1. The van der Waals surface area contributed by atoms with E-state index in [1.165, 1.54) is 4.90 Å². The third-order valence-corrected chi connectivity index (χ3v) is 6.98. The second-order valence-corrected chi connectivity index (χ2v) is 11.4. The predicted octanol–water partition coefficient (Wildman–Crippen LogP) is 4.32. The fraction of sp³-hybridized carbons (Fsp3) is 0.417. The highest BCUT2D eigenvalue weighted by Crippen LogP contribution is 2.26. The minimum Gasteiger partial charge on any atom is -0.352 e. The number of hydrogen-bond donors (Lipinski definition) is 1. The van der Waals surface area contributed by atoms with E-state index in [-0.39, 0.29) is 18.5 Å². The van der Waals surface area contributed by atoms with Gasteiger partial charge in [0, 0.05) is 22.6 Å². The lowest BCUT2D eigenvalue weighted by atomic mass is 10.1. The van der Waals surface area contributed by atoms with Crippen LogP contribution in [0.25, 0.3) is 0 Å². The van der Waals surface area contributed by atoms with Crippen LogP contribution in [0, 0.1) is 13.8 Å². The molecule has 7 nitrogen and oxygen atoms in total. The van der Waals surface area contributed by atoms with Gasteiger partial charge in [-0.05, 0) is 69.5 Å². The summed E-state index contributed by atoms with van der Waals surface area (Å²) in [6.07, 6.45) is 1.05. The number of aryl methyl sites for hydroxylation is 2. The second-order valence-electron chi connectivity index (χ2n) is 8.66. The number of halogens is 2. The van der Waals surface area contributed by atoms with Crippen molar-refractivity contribution in [3.05, 3.63) is 63.1 Å². The summed E-state index contributed by atoms with van der Waals surface area (Å²) in [5.41, 5.74) is 2.57. The number of rotatable bonds is 9. The number of amides is 2. The van der Waals surface area contributed by atoms with Crippen molar-refractivity contribution in [2.45, 2.75) is 53.2 Å². The van der Waals surface area contributed by atoms with Gasteiger partial charge in [0.2, 0.25) is 21.8 Å². The van der Waals surface area contributed by atoms with Crippen LogP contribution in [0.1, 0.15) is 37.5 Å². The smallest absolute Gasteiger partial charge is 0.244 e. The Hall–Kier alpha value is -2.29. The molecule has 0 radical (unpaired) electrons. The zero-order valence-corrected chi connectivity index (χ0v) is 22.6. The van der Waals surface area contributed by atoms with E-state index < -0.39 is 28.5 Å². The summed E-state index contributed by atoms with van der Waals surface area (Å²) >= 11 is 12.3. The van der Waals surface area contributed by atoms with Crippen LogP contribution in [0.2, 0.25) is 10.0 Å². The molecule has 0 aliphatic carbocycles. The van der Waals surface area contributed by atoms with Crippen LogP contribution in [0.3, 0.4) is 0 Å². The molecule has 2 aromatic carbocycles. The van der Waals surface area contributed by atoms with Gasteiger partial charge in [-0.3, -0.25) is 13.9 Å². The molecule has 0 aliphatic rings. The minimum atomic E-state index is -3.80. The first-order valence-corrected chi connectivity index (χ1v) is 13.4. The lowest BCUT2D eigenvalue weighted by Crippen LogP contribution is -2.52. The Bertz CT molecular complexity index is 1170. The monoisotopic (exact) mass is 527 g/mol. The number of carbonyl (C=O) groups excluding carboxylic acids is 2. The van der Waals surface area contributed by atoms with Gasteiger partial charge in [-0.15, -0.1) is 0 Å². The average Bonchev–Trinajstić information content (AvgIpc) is 2.71. The first kappa shape index (κ1) is 28.0. The largest absolute Gasteiger partial charge is 0.352 e. The summed E-state index contributed by atoms with van der Waals surface area (Å²) in [5, 5.41) is 3.58. The maximum atomic E-state index is 13.6. The second kappa shape index (κ2) is 11.4. The lowest BCUT2D eigenvalue weighted by molar-refractivity contribution is -0.139. The molecule has 1 N–H and O–H groups in total. The highest BCUT2D eigenvalue weighted by Gasteiger charge is 2.31. The van der Waals surface area contributed by atoms with E-state index >= 15 is 0 Å². The molecule has 2 rings (SSSR count). The van der Waals surface area contributed by atoms with E-state index in [2.05, 4.69) is 5.32 Å². The Kier molecular flexibility index (Phi) is 9.39. The van der Waals surface area contributed by atoms with Crippen molar-refractivity contribution in [3.63, 3.8) is 0 Å². The summed E-state index contributed by atoms with van der Waals surface area (Å²) < 4.78 is 26.5. The van der Waals surface area contributed by atoms with Crippen LogP contribution in [-0.4, -0.2) is 50.0 Å². The molecule has 34 heavy (non-hydrogen) atoms. The summed E-state index contributed by atoms with van der Waals surface area (Å²) in [7, 11) is -3.80. The molecule has 1 atom stereocenters. The third-order valence-electron chi connectivity index (χ3n) is 5.27. The molecular weight excluding hydrogens is 497 g/mol. The maximum absolute atomic E-state index is 13.6. The molecule has 0 saturated heterocycles. The summed E-state index contributed by atoms with van der Waals surface area (Å²) in [6.45, 7) is 8.40. The van der Waals surface area contributed by atoms with Crippen LogP contribution in [0.4, 0.5) is 5.69 Å². The number of benzene rings is 2. The highest BCUT2D eigenvalue weighted by molar-refractivity contribution is 7.92. The van der Waals surface area contributed by atoms with Crippen molar-refractivity contribution in [1.82, 2.24) is 10.2 Å². The maximum Gasteiger partial charge on any atom is 0.244 e. The van der Waals surface area contributed by atoms with E-state index in [0.29, 0.717) is 26.9 Å². The van der Waals surface area contributed by atoms with Gasteiger partial charge in [0.15, 0.2) is 0 Å². The van der Waals surface area contributed by atoms with Gasteiger partial charge in [0.05, 0.1) is 11.9 Å². The van der Waals surface area contributed by atoms with Gasteiger partial charge in [0.1, 0.15) is 12.6 Å². The third kappa shape index (κ3) is 7.35. The summed E-state index contributed by atoms with van der Waals surface area (Å²) in [6, 6.07) is 9.26. The highest BCUT2D eigenvalue weighted by atomic mass is 35.5. The molecule has 0 aliphatic heterocycles. The van der Waals surface area contributed by atoms with Crippen molar-refractivity contribution in [2.75, 3.05) is 17.1 Å². The summed E-state index contributed by atoms with van der Waals surface area (Å²) in [4.78, 5) is 27.7. The number of hydrogen-bond acceptors (Lipinski definition) is 4. The molecular formula is C24H31Cl2N3O4S. The van der Waals surface area contributed by atoms with E-state index in [1.54, 1.807) is 44.2 Å². The molecule has 10 heteroatoms. The number of sulfonamides is 1. The van der Waals surface area contributed by atoms with Crippen molar-refractivity contribution in [3.8, 4) is 0 Å². The molecule has 0 bridgehead atoms. The minimum absolute atomic E-state index is 0.00587. The lowest BCUT2D eigenvalue weighted by Gasteiger charge is -2.32. The van der Waals surface area contributed by atoms with Gasteiger partial charge in [-0.25, -0.2) is 8.42 Å². The summed E-state index contributed by atoms with van der Waals surface area (Å²) in [5.74, 6) is -0.894. The topological polar surface area (TPSA) is 86.8 Å². The molecule has 1 unspecified atom stereocenters. The molecule has 2 amide bonds. The molecule has 0 heterocycles. The fourth-order valence-corrected chi connectivity index (χ4v) is 4.77. The van der Waals surface area contributed by atoms with Crippen LogP contribution in [-0.2, 0) is 26.2 Å². The number of nitrogens with zero attached hydrogens (tertiary/aromatic N) is 2. The Morgan fingerprint density at radius 3 is 2.24 bits per heavy atom. The van der Waals surface area contributed by atoms with Gasteiger partial charge in [-0.2, -0.15) is 0 Å². The molecule has 186 valence electrons. The quantitative estimate of drug-likeness (QED) is 0.526. The van der Waals surface area contributed by atoms with E-state index in [4.69, 9.17) is 23.2 Å². The van der Waals surface area contributed by atoms with Crippen LogP contribution < -0.4 is 9.62 Å². The van der Waals surface area contributed by atoms with Crippen molar-refractivity contribution in [2.24, 2.45) is 0 Å². The first-order chi connectivity index (χ1) is 15.7. The Labute approximate surface area is 212 Å². The van der Waals surface area contributed by atoms with Gasteiger partial charge >= 0.3 is 0 Å². The zero-order chi connectivity index (χ0) is 25.8. The Morgan fingerprint density at radius 2 is 1.68 bits per heavy atom. The van der Waals surface area contributed by atoms with Crippen molar-refractivity contribution < 1.29 is 18.0 Å². The number of nitrogens with one attached hydrogen (secondary N) is 1. The molecule has 0 fully saturated rings. The normalized spacial score (nSPS) is 12.4.